The summed E-state index contributed by atoms with van der Waals surface area (Å²) in [6, 6.07) is 7.31. The summed E-state index contributed by atoms with van der Waals surface area (Å²) in [7, 11) is 0. The van der Waals surface area contributed by atoms with Gasteiger partial charge in [-0.3, -0.25) is 4.79 Å². The molecule has 0 spiro atoms. The topological polar surface area (TPSA) is 38.3 Å². The van der Waals surface area contributed by atoms with Crippen LogP contribution in [0.3, 0.4) is 0 Å². The standard InChI is InChI=1S/C13H17Cl2NO2/c14-5-8-18-7-2-6-16-13(17)10-11-3-1-4-12(15)9-11/h1,3-4,9H,2,5-8,10H2,(H,16,17). The van der Waals surface area contributed by atoms with Gasteiger partial charge in [-0.2, -0.15) is 0 Å². The van der Waals surface area contributed by atoms with E-state index in [0.29, 0.717) is 37.1 Å². The molecule has 100 valence electrons. The second-order valence-corrected chi connectivity index (χ2v) is 4.63. The molecule has 18 heavy (non-hydrogen) atoms. The Morgan fingerprint density at radius 3 is 2.89 bits per heavy atom. The lowest BCUT2D eigenvalue weighted by atomic mass is 10.1. The van der Waals surface area contributed by atoms with Gasteiger partial charge < -0.3 is 10.1 Å². The molecule has 1 aromatic carbocycles. The van der Waals surface area contributed by atoms with Crippen molar-refractivity contribution >= 4 is 29.1 Å². The number of alkyl halides is 1. The van der Waals surface area contributed by atoms with E-state index in [4.69, 9.17) is 27.9 Å². The molecule has 0 unspecified atom stereocenters. The van der Waals surface area contributed by atoms with Crippen molar-refractivity contribution in [1.82, 2.24) is 5.32 Å². The van der Waals surface area contributed by atoms with Crippen LogP contribution in [0.5, 0.6) is 0 Å². The van der Waals surface area contributed by atoms with Crippen LogP contribution in [0.25, 0.3) is 0 Å². The number of benzene rings is 1. The molecule has 5 heteroatoms. The highest BCUT2D eigenvalue weighted by Gasteiger charge is 2.02. The van der Waals surface area contributed by atoms with Gasteiger partial charge in [0.2, 0.25) is 5.91 Å². The Hall–Kier alpha value is -0.770. The first-order valence-electron chi connectivity index (χ1n) is 5.87. The molecule has 0 radical (unpaired) electrons. The van der Waals surface area contributed by atoms with Crippen LogP contribution in [0.4, 0.5) is 0 Å². The maximum atomic E-state index is 11.6. The van der Waals surface area contributed by atoms with Crippen molar-refractivity contribution in [1.29, 1.82) is 0 Å². The van der Waals surface area contributed by atoms with Crippen molar-refractivity contribution in [3.8, 4) is 0 Å². The second-order valence-electron chi connectivity index (χ2n) is 3.81. The van der Waals surface area contributed by atoms with Gasteiger partial charge in [0.05, 0.1) is 13.0 Å². The lowest BCUT2D eigenvalue weighted by molar-refractivity contribution is -0.120. The van der Waals surface area contributed by atoms with E-state index in [0.717, 1.165) is 12.0 Å². The van der Waals surface area contributed by atoms with Crippen LogP contribution >= 0.6 is 23.2 Å². The normalized spacial score (nSPS) is 10.3. The Morgan fingerprint density at radius 1 is 1.33 bits per heavy atom. The molecule has 1 N–H and O–H groups in total. The molecule has 0 saturated heterocycles. The summed E-state index contributed by atoms with van der Waals surface area (Å²) in [6.45, 7) is 1.78. The number of halogens is 2. The summed E-state index contributed by atoms with van der Waals surface area (Å²) in [5.74, 6) is 0.496. The molecule has 0 saturated carbocycles. The number of ether oxygens (including phenoxy) is 1. The molecule has 0 atom stereocenters. The third-order valence-corrected chi connectivity index (χ3v) is 2.65. The van der Waals surface area contributed by atoms with Crippen LogP contribution in [0.2, 0.25) is 5.02 Å². The Labute approximate surface area is 117 Å². The minimum atomic E-state index is -0.00499. The van der Waals surface area contributed by atoms with Gasteiger partial charge in [0.15, 0.2) is 0 Å². The van der Waals surface area contributed by atoms with E-state index in [1.807, 2.05) is 12.1 Å². The Morgan fingerprint density at radius 2 is 2.17 bits per heavy atom. The molecule has 1 amide bonds. The van der Waals surface area contributed by atoms with Gasteiger partial charge in [-0.15, -0.1) is 11.6 Å². The summed E-state index contributed by atoms with van der Waals surface area (Å²) in [5.41, 5.74) is 0.915. The molecule has 0 bridgehead atoms. The fourth-order valence-electron chi connectivity index (χ4n) is 1.45. The van der Waals surface area contributed by atoms with Crippen LogP contribution in [0.15, 0.2) is 24.3 Å². The number of carbonyl (C=O) groups excluding carboxylic acids is 1. The molecule has 0 aliphatic rings. The Balaban J connectivity index is 2.14. The first kappa shape index (κ1) is 15.3. The molecule has 0 fully saturated rings. The largest absolute Gasteiger partial charge is 0.380 e. The summed E-state index contributed by atoms with van der Waals surface area (Å²) in [4.78, 5) is 11.6. The van der Waals surface area contributed by atoms with Gasteiger partial charge in [-0.1, -0.05) is 23.7 Å². The zero-order valence-electron chi connectivity index (χ0n) is 10.1. The molecule has 0 aliphatic carbocycles. The second kappa shape index (κ2) is 9.20. The molecular weight excluding hydrogens is 273 g/mol. The highest BCUT2D eigenvalue weighted by Crippen LogP contribution is 2.10. The third-order valence-electron chi connectivity index (χ3n) is 2.26. The van der Waals surface area contributed by atoms with Crippen molar-refractivity contribution in [3.05, 3.63) is 34.9 Å². The number of nitrogens with one attached hydrogen (secondary N) is 1. The van der Waals surface area contributed by atoms with E-state index >= 15 is 0 Å². The van der Waals surface area contributed by atoms with Crippen LogP contribution < -0.4 is 5.32 Å². The number of amides is 1. The Bertz CT molecular complexity index is 372. The molecule has 1 aromatic rings. The average molecular weight is 290 g/mol. The molecule has 1 rings (SSSR count). The van der Waals surface area contributed by atoms with E-state index in [1.54, 1.807) is 12.1 Å². The van der Waals surface area contributed by atoms with E-state index < -0.39 is 0 Å². The predicted molar refractivity (Wildman–Crippen MR) is 74.3 cm³/mol. The minimum Gasteiger partial charge on any atom is -0.380 e. The molecule has 3 nitrogen and oxygen atoms in total. The van der Waals surface area contributed by atoms with Gasteiger partial charge >= 0.3 is 0 Å². The monoisotopic (exact) mass is 289 g/mol. The van der Waals surface area contributed by atoms with Crippen molar-refractivity contribution in [2.45, 2.75) is 12.8 Å². The fourth-order valence-corrected chi connectivity index (χ4v) is 1.78. The third kappa shape index (κ3) is 6.84. The van der Waals surface area contributed by atoms with E-state index in [2.05, 4.69) is 5.32 Å². The number of carbonyl (C=O) groups is 1. The lowest BCUT2D eigenvalue weighted by Crippen LogP contribution is -2.26. The van der Waals surface area contributed by atoms with Gasteiger partial charge in [-0.25, -0.2) is 0 Å². The van der Waals surface area contributed by atoms with Crippen LogP contribution in [-0.2, 0) is 16.0 Å². The molecular formula is C13H17Cl2NO2. The van der Waals surface area contributed by atoms with Crippen molar-refractivity contribution in [2.24, 2.45) is 0 Å². The van der Waals surface area contributed by atoms with Gasteiger partial charge in [-0.05, 0) is 24.1 Å². The maximum absolute atomic E-state index is 11.6. The SMILES string of the molecule is O=C(Cc1cccc(Cl)c1)NCCCOCCCl. The quantitative estimate of drug-likeness (QED) is 0.590. The number of hydrogen-bond donors (Lipinski definition) is 1. The lowest BCUT2D eigenvalue weighted by Gasteiger charge is -2.06. The molecule has 0 aliphatic heterocycles. The highest BCUT2D eigenvalue weighted by molar-refractivity contribution is 6.30. The zero-order valence-corrected chi connectivity index (χ0v) is 11.6. The summed E-state index contributed by atoms with van der Waals surface area (Å²) >= 11 is 11.3. The van der Waals surface area contributed by atoms with E-state index in [9.17, 15) is 4.79 Å². The Kier molecular flexibility index (Phi) is 7.81. The van der Waals surface area contributed by atoms with Gasteiger partial charge in [0.25, 0.3) is 0 Å². The maximum Gasteiger partial charge on any atom is 0.224 e. The van der Waals surface area contributed by atoms with Crippen LogP contribution in [0.1, 0.15) is 12.0 Å². The fraction of sp³-hybridized carbons (Fsp3) is 0.462. The number of rotatable bonds is 8. The smallest absolute Gasteiger partial charge is 0.224 e. The summed E-state index contributed by atoms with van der Waals surface area (Å²) in [5, 5.41) is 3.48. The van der Waals surface area contributed by atoms with Crippen molar-refractivity contribution in [2.75, 3.05) is 25.6 Å². The zero-order chi connectivity index (χ0) is 13.2. The highest BCUT2D eigenvalue weighted by atomic mass is 35.5. The minimum absolute atomic E-state index is 0.00499. The summed E-state index contributed by atoms with van der Waals surface area (Å²) in [6.07, 6.45) is 1.14. The molecule has 0 heterocycles. The van der Waals surface area contributed by atoms with Crippen molar-refractivity contribution in [3.63, 3.8) is 0 Å². The summed E-state index contributed by atoms with van der Waals surface area (Å²) < 4.78 is 5.20. The van der Waals surface area contributed by atoms with Crippen LogP contribution in [0, 0.1) is 0 Å². The van der Waals surface area contributed by atoms with Crippen molar-refractivity contribution < 1.29 is 9.53 Å². The van der Waals surface area contributed by atoms with E-state index in [1.165, 1.54) is 0 Å². The number of hydrogen-bond acceptors (Lipinski definition) is 2. The first-order valence-corrected chi connectivity index (χ1v) is 6.78. The van der Waals surface area contributed by atoms with E-state index in [-0.39, 0.29) is 5.91 Å². The van der Waals surface area contributed by atoms with Crippen LogP contribution in [-0.4, -0.2) is 31.5 Å². The van der Waals surface area contributed by atoms with Gasteiger partial charge in [0, 0.05) is 24.1 Å². The van der Waals surface area contributed by atoms with Gasteiger partial charge in [0.1, 0.15) is 0 Å². The predicted octanol–water partition coefficient (Wildman–Crippen LogP) is 2.64. The molecule has 0 aromatic heterocycles. The average Bonchev–Trinajstić information content (AvgIpc) is 2.33. The first-order chi connectivity index (χ1) is 8.72.